The van der Waals surface area contributed by atoms with Crippen LogP contribution in [-0.2, 0) is 13.5 Å². The van der Waals surface area contributed by atoms with Crippen molar-refractivity contribution in [1.29, 1.82) is 0 Å². The van der Waals surface area contributed by atoms with E-state index in [2.05, 4.69) is 21.5 Å². The fourth-order valence-electron chi connectivity index (χ4n) is 2.27. The summed E-state index contributed by atoms with van der Waals surface area (Å²) in [6.07, 6.45) is 2.32. The predicted octanol–water partition coefficient (Wildman–Crippen LogP) is 1.36. The summed E-state index contributed by atoms with van der Waals surface area (Å²) in [4.78, 5) is 1.41. The van der Waals surface area contributed by atoms with Crippen molar-refractivity contribution in [2.45, 2.75) is 31.3 Å². The van der Waals surface area contributed by atoms with E-state index >= 15 is 0 Å². The molecule has 0 radical (unpaired) electrons. The first-order chi connectivity index (χ1) is 8.74. The molecule has 1 aliphatic carbocycles. The lowest BCUT2D eigenvalue weighted by Crippen LogP contribution is -2.06. The molecule has 1 N–H and O–H groups in total. The van der Waals surface area contributed by atoms with E-state index in [0.29, 0.717) is 18.2 Å². The van der Waals surface area contributed by atoms with E-state index < -0.39 is 6.10 Å². The third-order valence-corrected chi connectivity index (χ3v) is 3.30. The highest BCUT2D eigenvalue weighted by Crippen LogP contribution is 2.43. The molecule has 0 bridgehead atoms. The Morgan fingerprint density at radius 1 is 1.39 bits per heavy atom. The van der Waals surface area contributed by atoms with Crippen LogP contribution in [0.1, 0.15) is 41.8 Å². The first-order valence-electron chi connectivity index (χ1n) is 6.24. The summed E-state index contributed by atoms with van der Waals surface area (Å²) < 4.78 is 0. The molecule has 0 saturated heterocycles. The Balaban J connectivity index is 1.81. The van der Waals surface area contributed by atoms with Crippen molar-refractivity contribution in [3.05, 3.63) is 41.2 Å². The fourth-order valence-corrected chi connectivity index (χ4v) is 2.27. The number of hydrogen-bond acceptors (Lipinski definition) is 4. The lowest BCUT2D eigenvalue weighted by Gasteiger charge is -2.13. The summed E-state index contributed by atoms with van der Waals surface area (Å²) in [5.74, 6) is 1.21. The van der Waals surface area contributed by atoms with Gasteiger partial charge in [-0.25, -0.2) is 0 Å². The van der Waals surface area contributed by atoms with Gasteiger partial charge >= 0.3 is 0 Å². The number of hydrogen-bond donors (Lipinski definition) is 1. The lowest BCUT2D eigenvalue weighted by molar-refractivity contribution is 0.174. The molecule has 0 aliphatic heterocycles. The van der Waals surface area contributed by atoms with Crippen LogP contribution in [0.15, 0.2) is 24.3 Å². The molecule has 18 heavy (non-hydrogen) atoms. The second-order valence-electron chi connectivity index (χ2n) is 4.82. The van der Waals surface area contributed by atoms with Crippen molar-refractivity contribution in [2.24, 2.45) is 7.05 Å². The molecular formula is C13H16N4O. The monoisotopic (exact) mass is 244 g/mol. The quantitative estimate of drug-likeness (QED) is 0.882. The van der Waals surface area contributed by atoms with Gasteiger partial charge in [-0.15, -0.1) is 10.2 Å². The van der Waals surface area contributed by atoms with Crippen LogP contribution in [-0.4, -0.2) is 25.3 Å². The molecule has 1 fully saturated rings. The molecule has 3 rings (SSSR count). The Hall–Kier alpha value is -1.75. The molecule has 5 heteroatoms. The minimum absolute atomic E-state index is 0.414. The number of aliphatic hydroxyl groups excluding tert-OH is 1. The molecule has 1 aliphatic rings. The van der Waals surface area contributed by atoms with E-state index in [-0.39, 0.29) is 0 Å². The van der Waals surface area contributed by atoms with Crippen LogP contribution in [0.3, 0.4) is 0 Å². The molecular weight excluding hydrogens is 228 g/mol. The average Bonchev–Trinajstić information content (AvgIpc) is 3.14. The minimum Gasteiger partial charge on any atom is -0.388 e. The Morgan fingerprint density at radius 3 is 2.83 bits per heavy atom. The van der Waals surface area contributed by atoms with Crippen LogP contribution in [0.2, 0.25) is 0 Å². The second-order valence-corrected chi connectivity index (χ2v) is 4.82. The number of benzene rings is 1. The van der Waals surface area contributed by atoms with Gasteiger partial charge in [-0.05, 0) is 35.1 Å². The fraction of sp³-hybridized carbons (Fsp3) is 0.462. The maximum Gasteiger partial charge on any atom is 0.177 e. The van der Waals surface area contributed by atoms with Gasteiger partial charge in [0.2, 0.25) is 0 Å². The third kappa shape index (κ3) is 2.26. The highest BCUT2D eigenvalue weighted by atomic mass is 16.3. The van der Waals surface area contributed by atoms with Crippen LogP contribution in [0.25, 0.3) is 0 Å². The predicted molar refractivity (Wildman–Crippen MR) is 65.9 cm³/mol. The summed E-state index contributed by atoms with van der Waals surface area (Å²) in [7, 11) is 1.72. The minimum atomic E-state index is -0.550. The molecule has 1 heterocycles. The summed E-state index contributed by atoms with van der Waals surface area (Å²) in [6.45, 7) is 0. The standard InChI is InChI=1S/C13H16N4O/c1-17-15-13(14-16-17)8-12(18)11-5-3-2-4-10(11)9-6-7-9/h2-5,9,12,18H,6-8H2,1H3. The molecule has 2 aromatic rings. The van der Waals surface area contributed by atoms with E-state index in [1.54, 1.807) is 7.05 Å². The van der Waals surface area contributed by atoms with Gasteiger partial charge in [-0.1, -0.05) is 24.3 Å². The summed E-state index contributed by atoms with van der Waals surface area (Å²) in [5, 5.41) is 22.1. The van der Waals surface area contributed by atoms with Crippen molar-refractivity contribution in [3.8, 4) is 0 Å². The van der Waals surface area contributed by atoms with Crippen LogP contribution in [0.5, 0.6) is 0 Å². The number of aliphatic hydroxyl groups is 1. The number of aromatic nitrogens is 4. The smallest absolute Gasteiger partial charge is 0.177 e. The SMILES string of the molecule is Cn1nnc(CC(O)c2ccccc2C2CC2)n1. The molecule has 1 atom stereocenters. The van der Waals surface area contributed by atoms with Gasteiger partial charge in [0.05, 0.1) is 13.2 Å². The number of aryl methyl sites for hydroxylation is 1. The molecule has 0 amide bonds. The Kier molecular flexibility index (Phi) is 2.83. The van der Waals surface area contributed by atoms with E-state index in [1.165, 1.54) is 23.2 Å². The zero-order valence-electron chi connectivity index (χ0n) is 10.3. The third-order valence-electron chi connectivity index (χ3n) is 3.30. The Bertz CT molecular complexity index is 547. The lowest BCUT2D eigenvalue weighted by atomic mass is 9.97. The van der Waals surface area contributed by atoms with Gasteiger partial charge in [0, 0.05) is 6.42 Å². The highest BCUT2D eigenvalue weighted by Gasteiger charge is 2.27. The van der Waals surface area contributed by atoms with Crippen molar-refractivity contribution < 1.29 is 5.11 Å². The van der Waals surface area contributed by atoms with Crippen molar-refractivity contribution >= 4 is 0 Å². The van der Waals surface area contributed by atoms with Crippen LogP contribution < -0.4 is 0 Å². The molecule has 1 aromatic heterocycles. The molecule has 1 saturated carbocycles. The zero-order valence-corrected chi connectivity index (χ0v) is 10.3. The first kappa shape index (κ1) is 11.3. The van der Waals surface area contributed by atoms with Gasteiger partial charge in [0.1, 0.15) is 0 Å². The summed E-state index contributed by atoms with van der Waals surface area (Å²) >= 11 is 0. The van der Waals surface area contributed by atoms with E-state index in [4.69, 9.17) is 0 Å². The maximum atomic E-state index is 10.3. The van der Waals surface area contributed by atoms with Crippen LogP contribution in [0, 0.1) is 0 Å². The summed E-state index contributed by atoms with van der Waals surface area (Å²) in [6, 6.07) is 8.11. The number of nitrogens with zero attached hydrogens (tertiary/aromatic N) is 4. The average molecular weight is 244 g/mol. The Morgan fingerprint density at radius 2 is 2.17 bits per heavy atom. The van der Waals surface area contributed by atoms with Crippen molar-refractivity contribution in [3.63, 3.8) is 0 Å². The molecule has 0 spiro atoms. The van der Waals surface area contributed by atoms with E-state index in [9.17, 15) is 5.11 Å². The normalized spacial score (nSPS) is 16.8. The molecule has 1 unspecified atom stereocenters. The van der Waals surface area contributed by atoms with Gasteiger partial charge in [-0.2, -0.15) is 4.80 Å². The van der Waals surface area contributed by atoms with Gasteiger partial charge < -0.3 is 5.11 Å². The topological polar surface area (TPSA) is 63.8 Å². The van der Waals surface area contributed by atoms with Crippen molar-refractivity contribution in [1.82, 2.24) is 20.2 Å². The second kappa shape index (κ2) is 4.49. The molecule has 1 aromatic carbocycles. The van der Waals surface area contributed by atoms with E-state index in [1.807, 2.05) is 18.2 Å². The van der Waals surface area contributed by atoms with Crippen molar-refractivity contribution in [2.75, 3.05) is 0 Å². The van der Waals surface area contributed by atoms with Gasteiger partial charge in [0.25, 0.3) is 0 Å². The maximum absolute atomic E-state index is 10.3. The molecule has 5 nitrogen and oxygen atoms in total. The van der Waals surface area contributed by atoms with Gasteiger partial charge in [0.15, 0.2) is 5.82 Å². The van der Waals surface area contributed by atoms with Crippen LogP contribution in [0.4, 0.5) is 0 Å². The molecule has 94 valence electrons. The Labute approximate surface area is 105 Å². The number of rotatable bonds is 4. The highest BCUT2D eigenvalue weighted by molar-refractivity contribution is 5.35. The zero-order chi connectivity index (χ0) is 12.5. The number of tetrazole rings is 1. The largest absolute Gasteiger partial charge is 0.388 e. The van der Waals surface area contributed by atoms with E-state index in [0.717, 1.165) is 5.56 Å². The first-order valence-corrected chi connectivity index (χ1v) is 6.24. The summed E-state index contributed by atoms with van der Waals surface area (Å²) in [5.41, 5.74) is 2.28. The van der Waals surface area contributed by atoms with Gasteiger partial charge in [-0.3, -0.25) is 0 Å². The van der Waals surface area contributed by atoms with Crippen LogP contribution >= 0.6 is 0 Å².